The van der Waals surface area contributed by atoms with Gasteiger partial charge in [0, 0.05) is 7.05 Å². The van der Waals surface area contributed by atoms with Crippen LogP contribution in [0.2, 0.25) is 5.02 Å². The molecule has 0 saturated carbocycles. The first-order valence-electron chi connectivity index (χ1n) is 5.19. The molecule has 0 spiro atoms. The van der Waals surface area contributed by atoms with E-state index in [0.29, 0.717) is 10.8 Å². The summed E-state index contributed by atoms with van der Waals surface area (Å²) >= 11 is 6.12. The van der Waals surface area contributed by atoms with E-state index in [0.717, 1.165) is 10.9 Å². The Kier molecular flexibility index (Phi) is 3.31. The summed E-state index contributed by atoms with van der Waals surface area (Å²) in [6.45, 7) is 0.239. The van der Waals surface area contributed by atoms with Gasteiger partial charge in [0.1, 0.15) is 0 Å². The van der Waals surface area contributed by atoms with E-state index in [9.17, 15) is 4.79 Å². The fourth-order valence-electron chi connectivity index (χ4n) is 1.70. The number of nitrogens with one attached hydrogen (secondary N) is 2. The number of anilines is 1. The Balaban J connectivity index is 2.44. The molecule has 0 aliphatic carbocycles. The molecule has 2 N–H and O–H groups in total. The number of nitrogens with zero attached hydrogens (tertiary/aromatic N) is 2. The number of halogens is 1. The van der Waals surface area contributed by atoms with Crippen LogP contribution < -0.4 is 10.6 Å². The summed E-state index contributed by atoms with van der Waals surface area (Å²) in [6.07, 6.45) is 0. The van der Waals surface area contributed by atoms with Crippen molar-refractivity contribution in [1.82, 2.24) is 15.1 Å². The summed E-state index contributed by atoms with van der Waals surface area (Å²) in [5, 5.41) is 11.1. The predicted molar refractivity (Wildman–Crippen MR) is 68.3 cm³/mol. The summed E-state index contributed by atoms with van der Waals surface area (Å²) in [4.78, 5) is 11.5. The molecule has 0 radical (unpaired) electrons. The molecule has 1 aromatic heterocycles. The maximum Gasteiger partial charge on any atom is 0.239 e. The van der Waals surface area contributed by atoms with E-state index in [1.807, 2.05) is 19.2 Å². The Morgan fingerprint density at radius 1 is 1.53 bits per heavy atom. The zero-order valence-corrected chi connectivity index (χ0v) is 10.4. The molecule has 0 fully saturated rings. The number of carbonyl (C=O) groups excluding carboxylic acids is 1. The predicted octanol–water partition coefficient (Wildman–Crippen LogP) is 1.38. The van der Waals surface area contributed by atoms with Crippen LogP contribution in [0, 0.1) is 0 Å². The van der Waals surface area contributed by atoms with Crippen LogP contribution in [0.1, 0.15) is 0 Å². The second-order valence-corrected chi connectivity index (χ2v) is 4.09. The average molecular weight is 253 g/mol. The topological polar surface area (TPSA) is 59.0 Å². The SMILES string of the molecule is CNCC(=O)Nc1nn(C)c2cccc(Cl)c12. The van der Waals surface area contributed by atoms with E-state index >= 15 is 0 Å². The minimum atomic E-state index is -0.146. The third-order valence-electron chi connectivity index (χ3n) is 2.42. The van der Waals surface area contributed by atoms with Crippen molar-refractivity contribution < 1.29 is 4.79 Å². The number of hydrogen-bond donors (Lipinski definition) is 2. The van der Waals surface area contributed by atoms with Crippen LogP contribution in [0.4, 0.5) is 5.82 Å². The molecule has 1 amide bonds. The lowest BCUT2D eigenvalue weighted by atomic mass is 10.2. The molecule has 0 aliphatic heterocycles. The first-order valence-corrected chi connectivity index (χ1v) is 5.57. The fourth-order valence-corrected chi connectivity index (χ4v) is 1.95. The van der Waals surface area contributed by atoms with Crippen LogP contribution in [0.3, 0.4) is 0 Å². The lowest BCUT2D eigenvalue weighted by molar-refractivity contribution is -0.115. The van der Waals surface area contributed by atoms with Crippen molar-refractivity contribution in [2.45, 2.75) is 0 Å². The molecule has 1 heterocycles. The minimum absolute atomic E-state index is 0.146. The number of aromatic nitrogens is 2. The summed E-state index contributed by atoms with van der Waals surface area (Å²) in [7, 11) is 3.52. The largest absolute Gasteiger partial charge is 0.311 e. The first kappa shape index (κ1) is 11.9. The second-order valence-electron chi connectivity index (χ2n) is 3.68. The van der Waals surface area contributed by atoms with Gasteiger partial charge in [-0.3, -0.25) is 9.48 Å². The molecule has 2 rings (SSSR count). The Morgan fingerprint density at radius 2 is 2.29 bits per heavy atom. The average Bonchev–Trinajstić information content (AvgIpc) is 2.57. The van der Waals surface area contributed by atoms with Gasteiger partial charge in [0.25, 0.3) is 0 Å². The van der Waals surface area contributed by atoms with Gasteiger partial charge in [0.05, 0.1) is 22.5 Å². The monoisotopic (exact) mass is 252 g/mol. The minimum Gasteiger partial charge on any atom is -0.311 e. The highest BCUT2D eigenvalue weighted by molar-refractivity contribution is 6.36. The number of aryl methyl sites for hydroxylation is 1. The van der Waals surface area contributed by atoms with Crippen molar-refractivity contribution in [3.8, 4) is 0 Å². The maximum atomic E-state index is 11.5. The highest BCUT2D eigenvalue weighted by Crippen LogP contribution is 2.29. The quantitative estimate of drug-likeness (QED) is 0.868. The molecule has 2 aromatic rings. The Labute approximate surface area is 104 Å². The fraction of sp³-hybridized carbons (Fsp3) is 0.273. The van der Waals surface area contributed by atoms with Gasteiger partial charge in [-0.15, -0.1) is 0 Å². The zero-order valence-electron chi connectivity index (χ0n) is 9.62. The van der Waals surface area contributed by atoms with Crippen molar-refractivity contribution in [1.29, 1.82) is 0 Å². The van der Waals surface area contributed by atoms with Crippen LogP contribution in [0.15, 0.2) is 18.2 Å². The number of carbonyl (C=O) groups is 1. The molecule has 0 saturated heterocycles. The van der Waals surface area contributed by atoms with E-state index in [2.05, 4.69) is 15.7 Å². The van der Waals surface area contributed by atoms with E-state index in [4.69, 9.17) is 11.6 Å². The van der Waals surface area contributed by atoms with Gasteiger partial charge in [-0.25, -0.2) is 0 Å². The van der Waals surface area contributed by atoms with Crippen molar-refractivity contribution >= 4 is 34.2 Å². The zero-order chi connectivity index (χ0) is 12.4. The molecule has 90 valence electrons. The van der Waals surface area contributed by atoms with Gasteiger partial charge in [0.15, 0.2) is 5.82 Å². The number of likely N-dealkylation sites (N-methyl/N-ethyl adjacent to an activating group) is 1. The maximum absolute atomic E-state index is 11.5. The van der Waals surface area contributed by atoms with Crippen molar-refractivity contribution in [3.63, 3.8) is 0 Å². The summed E-state index contributed by atoms with van der Waals surface area (Å²) in [5.41, 5.74) is 0.886. The molecule has 6 heteroatoms. The molecular weight excluding hydrogens is 240 g/mol. The van der Waals surface area contributed by atoms with E-state index in [-0.39, 0.29) is 12.5 Å². The third-order valence-corrected chi connectivity index (χ3v) is 2.74. The van der Waals surface area contributed by atoms with Crippen molar-refractivity contribution in [2.75, 3.05) is 18.9 Å². The van der Waals surface area contributed by atoms with Gasteiger partial charge in [-0.2, -0.15) is 5.10 Å². The normalized spacial score (nSPS) is 10.8. The summed E-state index contributed by atoms with van der Waals surface area (Å²) in [5.74, 6) is 0.348. The molecular formula is C11H13ClN4O. The van der Waals surface area contributed by atoms with Crippen LogP contribution in [-0.4, -0.2) is 29.3 Å². The van der Waals surface area contributed by atoms with E-state index in [1.54, 1.807) is 17.8 Å². The van der Waals surface area contributed by atoms with Crippen LogP contribution >= 0.6 is 11.6 Å². The highest BCUT2D eigenvalue weighted by atomic mass is 35.5. The van der Waals surface area contributed by atoms with Crippen molar-refractivity contribution in [2.24, 2.45) is 7.05 Å². The van der Waals surface area contributed by atoms with Gasteiger partial charge in [-0.1, -0.05) is 17.7 Å². The number of fused-ring (bicyclic) bond motifs is 1. The molecule has 17 heavy (non-hydrogen) atoms. The van der Waals surface area contributed by atoms with E-state index in [1.165, 1.54) is 0 Å². The summed E-state index contributed by atoms with van der Waals surface area (Å²) in [6, 6.07) is 5.53. The van der Waals surface area contributed by atoms with Gasteiger partial charge in [0.2, 0.25) is 5.91 Å². The van der Waals surface area contributed by atoms with Crippen LogP contribution in [-0.2, 0) is 11.8 Å². The number of hydrogen-bond acceptors (Lipinski definition) is 3. The van der Waals surface area contributed by atoms with Gasteiger partial charge in [-0.05, 0) is 19.2 Å². The standard InChI is InChI=1S/C11H13ClN4O/c1-13-6-9(17)14-11-10-7(12)4-3-5-8(10)16(2)15-11/h3-5,13H,6H2,1-2H3,(H,14,15,17). The number of amides is 1. The molecule has 0 unspecified atom stereocenters. The molecule has 5 nitrogen and oxygen atoms in total. The van der Waals surface area contributed by atoms with Crippen LogP contribution in [0.5, 0.6) is 0 Å². The highest BCUT2D eigenvalue weighted by Gasteiger charge is 2.13. The number of rotatable bonds is 3. The summed E-state index contributed by atoms with van der Waals surface area (Å²) < 4.78 is 1.69. The lowest BCUT2D eigenvalue weighted by Gasteiger charge is -2.01. The Hall–Kier alpha value is -1.59. The molecule has 0 bridgehead atoms. The Bertz CT molecular complexity index is 564. The molecule has 1 aromatic carbocycles. The third kappa shape index (κ3) is 2.25. The smallest absolute Gasteiger partial charge is 0.239 e. The lowest BCUT2D eigenvalue weighted by Crippen LogP contribution is -2.25. The van der Waals surface area contributed by atoms with Gasteiger partial charge >= 0.3 is 0 Å². The van der Waals surface area contributed by atoms with Crippen molar-refractivity contribution in [3.05, 3.63) is 23.2 Å². The Morgan fingerprint density at radius 3 is 3.00 bits per heavy atom. The molecule has 0 aliphatic rings. The van der Waals surface area contributed by atoms with Crippen LogP contribution in [0.25, 0.3) is 10.9 Å². The van der Waals surface area contributed by atoms with E-state index < -0.39 is 0 Å². The first-order chi connectivity index (χ1) is 8.13. The second kappa shape index (κ2) is 4.73. The molecule has 0 atom stereocenters. The number of benzene rings is 1. The van der Waals surface area contributed by atoms with Gasteiger partial charge < -0.3 is 10.6 Å².